The molecule has 19 heavy (non-hydrogen) atoms. The van der Waals surface area contributed by atoms with Crippen molar-refractivity contribution in [2.75, 3.05) is 0 Å². The first-order valence-electron chi connectivity index (χ1n) is 5.90. The fourth-order valence-electron chi connectivity index (χ4n) is 2.21. The topological polar surface area (TPSA) is 45.8 Å². The van der Waals surface area contributed by atoms with Crippen LogP contribution in [-0.2, 0) is 0 Å². The van der Waals surface area contributed by atoms with Crippen LogP contribution in [-0.4, -0.2) is 15.8 Å². The number of rotatable bonds is 2. The number of hydrogen-bond donors (Lipinski definition) is 1. The molecule has 0 saturated carbocycles. The molecule has 1 aromatic carbocycles. The van der Waals surface area contributed by atoms with Crippen molar-refractivity contribution in [2.24, 2.45) is 0 Å². The smallest absolute Gasteiger partial charge is 0.213 e. The summed E-state index contributed by atoms with van der Waals surface area (Å²) in [5.41, 5.74) is 3.00. The second kappa shape index (κ2) is 4.63. The molecule has 0 spiro atoms. The number of carbonyl (C=O) groups excluding carboxylic acids is 1. The molecule has 0 saturated heterocycles. The Morgan fingerprint density at radius 1 is 1.21 bits per heavy atom. The molecular formula is C15H11BrN2O. The first-order valence-corrected chi connectivity index (χ1v) is 6.69. The van der Waals surface area contributed by atoms with Crippen molar-refractivity contribution in [1.29, 1.82) is 0 Å². The SMILES string of the molecule is Cc1[nH]c2ccccc2c1C(=O)c1ccc(Br)cn1. The lowest BCUT2D eigenvalue weighted by molar-refractivity contribution is 0.103. The Kier molecular flexibility index (Phi) is 2.95. The third-order valence-corrected chi connectivity index (χ3v) is 3.55. The summed E-state index contributed by atoms with van der Waals surface area (Å²) >= 11 is 3.32. The number of pyridine rings is 1. The number of aryl methyl sites for hydroxylation is 1. The van der Waals surface area contributed by atoms with Crippen LogP contribution in [0.25, 0.3) is 10.9 Å². The second-order valence-corrected chi connectivity index (χ2v) is 5.28. The number of nitrogens with zero attached hydrogens (tertiary/aromatic N) is 1. The molecule has 2 heterocycles. The Balaban J connectivity index is 2.16. The van der Waals surface area contributed by atoms with Gasteiger partial charge in [0.25, 0.3) is 0 Å². The van der Waals surface area contributed by atoms with Gasteiger partial charge in [0.2, 0.25) is 5.78 Å². The summed E-state index contributed by atoms with van der Waals surface area (Å²) in [7, 11) is 0. The molecule has 2 aromatic heterocycles. The molecule has 0 fully saturated rings. The van der Waals surface area contributed by atoms with Crippen molar-refractivity contribution in [3.8, 4) is 0 Å². The average molecular weight is 315 g/mol. The summed E-state index contributed by atoms with van der Waals surface area (Å²) < 4.78 is 0.861. The summed E-state index contributed by atoms with van der Waals surface area (Å²) in [4.78, 5) is 20.0. The van der Waals surface area contributed by atoms with Crippen LogP contribution in [0.3, 0.4) is 0 Å². The van der Waals surface area contributed by atoms with Crippen LogP contribution < -0.4 is 0 Å². The first-order chi connectivity index (χ1) is 9.16. The zero-order valence-corrected chi connectivity index (χ0v) is 11.9. The van der Waals surface area contributed by atoms with Gasteiger partial charge >= 0.3 is 0 Å². The van der Waals surface area contributed by atoms with E-state index in [4.69, 9.17) is 0 Å². The minimum atomic E-state index is -0.0533. The Morgan fingerprint density at radius 2 is 2.00 bits per heavy atom. The van der Waals surface area contributed by atoms with Gasteiger partial charge in [0.05, 0.1) is 5.56 Å². The highest BCUT2D eigenvalue weighted by Gasteiger charge is 2.18. The van der Waals surface area contributed by atoms with Gasteiger partial charge in [0.1, 0.15) is 5.69 Å². The van der Waals surface area contributed by atoms with E-state index in [0.29, 0.717) is 11.3 Å². The van der Waals surface area contributed by atoms with Crippen LogP contribution >= 0.6 is 15.9 Å². The lowest BCUT2D eigenvalue weighted by Gasteiger charge is -2.01. The maximum absolute atomic E-state index is 12.6. The number of aromatic nitrogens is 2. The summed E-state index contributed by atoms with van der Waals surface area (Å²) in [5, 5.41) is 0.940. The van der Waals surface area contributed by atoms with Crippen molar-refractivity contribution < 1.29 is 4.79 Å². The van der Waals surface area contributed by atoms with E-state index in [0.717, 1.165) is 21.1 Å². The standard InChI is InChI=1S/C15H11BrN2O/c1-9-14(11-4-2-3-5-12(11)18-9)15(19)13-7-6-10(16)8-17-13/h2-8,18H,1H3. The van der Waals surface area contributed by atoms with E-state index < -0.39 is 0 Å². The van der Waals surface area contributed by atoms with Crippen molar-refractivity contribution >= 4 is 32.6 Å². The van der Waals surface area contributed by atoms with Gasteiger partial charge in [-0.2, -0.15) is 0 Å². The van der Waals surface area contributed by atoms with Crippen LogP contribution in [0.1, 0.15) is 21.7 Å². The molecule has 3 aromatic rings. The number of nitrogens with one attached hydrogen (secondary N) is 1. The highest BCUT2D eigenvalue weighted by molar-refractivity contribution is 9.10. The molecule has 0 bridgehead atoms. The molecule has 1 N–H and O–H groups in total. The van der Waals surface area contributed by atoms with E-state index >= 15 is 0 Å². The van der Waals surface area contributed by atoms with E-state index in [-0.39, 0.29) is 5.78 Å². The summed E-state index contributed by atoms with van der Waals surface area (Å²) in [6, 6.07) is 11.4. The number of halogens is 1. The van der Waals surface area contributed by atoms with Gasteiger partial charge in [0, 0.05) is 27.3 Å². The number of H-pyrrole nitrogens is 1. The van der Waals surface area contributed by atoms with Gasteiger partial charge < -0.3 is 4.98 Å². The number of aromatic amines is 1. The van der Waals surface area contributed by atoms with Crippen LogP contribution in [0, 0.1) is 6.92 Å². The minimum absolute atomic E-state index is 0.0533. The lowest BCUT2D eigenvalue weighted by Crippen LogP contribution is -2.04. The second-order valence-electron chi connectivity index (χ2n) is 4.36. The first kappa shape index (κ1) is 12.1. The molecule has 0 radical (unpaired) electrons. The predicted octanol–water partition coefficient (Wildman–Crippen LogP) is 3.86. The van der Waals surface area contributed by atoms with E-state index in [2.05, 4.69) is 25.9 Å². The average Bonchev–Trinajstić information content (AvgIpc) is 2.74. The number of hydrogen-bond acceptors (Lipinski definition) is 2. The Labute approximate surface area is 118 Å². The molecule has 3 nitrogen and oxygen atoms in total. The highest BCUT2D eigenvalue weighted by Crippen LogP contribution is 2.24. The van der Waals surface area contributed by atoms with E-state index in [1.54, 1.807) is 12.3 Å². The third kappa shape index (κ3) is 2.08. The Bertz CT molecular complexity index is 759. The molecule has 0 atom stereocenters. The molecule has 0 aliphatic heterocycles. The van der Waals surface area contributed by atoms with Crippen molar-refractivity contribution in [3.05, 3.63) is 64.0 Å². The van der Waals surface area contributed by atoms with Crippen LogP contribution in [0.15, 0.2) is 47.1 Å². The van der Waals surface area contributed by atoms with Gasteiger partial charge in [-0.1, -0.05) is 18.2 Å². The Morgan fingerprint density at radius 3 is 2.74 bits per heavy atom. The maximum atomic E-state index is 12.6. The van der Waals surface area contributed by atoms with Gasteiger partial charge in [-0.3, -0.25) is 9.78 Å². The molecule has 0 amide bonds. The van der Waals surface area contributed by atoms with E-state index in [9.17, 15) is 4.79 Å². The monoisotopic (exact) mass is 314 g/mol. The summed E-state index contributed by atoms with van der Waals surface area (Å²) in [5.74, 6) is -0.0533. The maximum Gasteiger partial charge on any atom is 0.213 e. The lowest BCUT2D eigenvalue weighted by atomic mass is 10.0. The van der Waals surface area contributed by atoms with Gasteiger partial charge in [-0.15, -0.1) is 0 Å². The summed E-state index contributed by atoms with van der Waals surface area (Å²) in [6.45, 7) is 1.91. The Hall–Kier alpha value is -1.94. The van der Waals surface area contributed by atoms with E-state index in [1.807, 2.05) is 37.3 Å². The number of ketones is 1. The fraction of sp³-hybridized carbons (Fsp3) is 0.0667. The molecule has 0 aliphatic rings. The molecule has 3 rings (SSSR count). The molecular weight excluding hydrogens is 304 g/mol. The largest absolute Gasteiger partial charge is 0.358 e. The number of carbonyl (C=O) groups is 1. The van der Waals surface area contributed by atoms with Crippen LogP contribution in [0.2, 0.25) is 0 Å². The van der Waals surface area contributed by atoms with E-state index in [1.165, 1.54) is 0 Å². The normalized spacial score (nSPS) is 10.8. The number of para-hydroxylation sites is 1. The van der Waals surface area contributed by atoms with Crippen molar-refractivity contribution in [1.82, 2.24) is 9.97 Å². The molecule has 94 valence electrons. The number of benzene rings is 1. The van der Waals surface area contributed by atoms with Gasteiger partial charge in [-0.05, 0) is 41.1 Å². The molecule has 0 unspecified atom stereocenters. The highest BCUT2D eigenvalue weighted by atomic mass is 79.9. The van der Waals surface area contributed by atoms with Crippen molar-refractivity contribution in [2.45, 2.75) is 6.92 Å². The van der Waals surface area contributed by atoms with Crippen LogP contribution in [0.4, 0.5) is 0 Å². The molecule has 4 heteroatoms. The zero-order valence-electron chi connectivity index (χ0n) is 10.3. The third-order valence-electron chi connectivity index (χ3n) is 3.08. The van der Waals surface area contributed by atoms with Gasteiger partial charge in [0.15, 0.2) is 0 Å². The van der Waals surface area contributed by atoms with Gasteiger partial charge in [-0.25, -0.2) is 0 Å². The molecule has 0 aliphatic carbocycles. The predicted molar refractivity (Wildman–Crippen MR) is 78.4 cm³/mol. The van der Waals surface area contributed by atoms with Crippen LogP contribution in [0.5, 0.6) is 0 Å². The number of fused-ring (bicyclic) bond motifs is 1. The fourth-order valence-corrected chi connectivity index (χ4v) is 2.44. The summed E-state index contributed by atoms with van der Waals surface area (Å²) in [6.07, 6.45) is 1.64. The van der Waals surface area contributed by atoms with Crippen molar-refractivity contribution in [3.63, 3.8) is 0 Å². The zero-order chi connectivity index (χ0) is 13.4. The quantitative estimate of drug-likeness (QED) is 0.730. The minimum Gasteiger partial charge on any atom is -0.358 e.